The van der Waals surface area contributed by atoms with Gasteiger partial charge in [-0.2, -0.15) is 0 Å². The Morgan fingerprint density at radius 1 is 0.939 bits per heavy atom. The smallest absolute Gasteiger partial charge is 0.227 e. The number of benzene rings is 1. The van der Waals surface area contributed by atoms with E-state index in [1.165, 1.54) is 24.8 Å². The summed E-state index contributed by atoms with van der Waals surface area (Å²) >= 11 is 0. The normalized spacial score (nSPS) is 19.0. The molecule has 1 saturated heterocycles. The summed E-state index contributed by atoms with van der Waals surface area (Å²) in [4.78, 5) is 36.9. The van der Waals surface area contributed by atoms with Crippen LogP contribution in [-0.4, -0.2) is 45.8 Å². The zero-order chi connectivity index (χ0) is 23.4. The van der Waals surface area contributed by atoms with Crippen molar-refractivity contribution in [3.63, 3.8) is 0 Å². The number of carbonyl (C=O) groups excluding carboxylic acids is 2. The zero-order valence-corrected chi connectivity index (χ0v) is 20.2. The van der Waals surface area contributed by atoms with Crippen LogP contribution in [0.2, 0.25) is 0 Å². The number of likely N-dealkylation sites (tertiary alicyclic amines) is 1. The highest BCUT2D eigenvalue weighted by Crippen LogP contribution is 2.27. The summed E-state index contributed by atoms with van der Waals surface area (Å²) in [5.41, 5.74) is 4.93. The molecule has 1 aromatic carbocycles. The van der Waals surface area contributed by atoms with E-state index in [1.807, 2.05) is 43.0 Å². The fourth-order valence-electron chi connectivity index (χ4n) is 5.08. The largest absolute Gasteiger partial charge is 0.353 e. The van der Waals surface area contributed by atoms with Crippen LogP contribution in [0.5, 0.6) is 0 Å². The van der Waals surface area contributed by atoms with Gasteiger partial charge in [-0.25, -0.2) is 9.97 Å². The first-order valence-corrected chi connectivity index (χ1v) is 12.4. The minimum Gasteiger partial charge on any atom is -0.353 e. The van der Waals surface area contributed by atoms with Gasteiger partial charge in [0.15, 0.2) is 0 Å². The second-order valence-electron chi connectivity index (χ2n) is 9.80. The topological polar surface area (TPSA) is 75.2 Å². The molecule has 1 saturated carbocycles. The molecular formula is C27H36N4O2. The Labute approximate surface area is 197 Å². The van der Waals surface area contributed by atoms with Crippen molar-refractivity contribution in [2.45, 2.75) is 84.1 Å². The molecule has 0 bridgehead atoms. The number of rotatable bonds is 6. The summed E-state index contributed by atoms with van der Waals surface area (Å²) in [7, 11) is 0. The van der Waals surface area contributed by atoms with Gasteiger partial charge in [0.1, 0.15) is 5.82 Å². The van der Waals surface area contributed by atoms with Crippen molar-refractivity contribution in [1.82, 2.24) is 20.2 Å². The molecule has 4 rings (SSSR count). The third-order valence-corrected chi connectivity index (χ3v) is 7.13. The van der Waals surface area contributed by atoms with Crippen LogP contribution in [0.25, 0.3) is 0 Å². The minimum absolute atomic E-state index is 0.0678. The lowest BCUT2D eigenvalue weighted by molar-refractivity contribution is -0.129. The summed E-state index contributed by atoms with van der Waals surface area (Å²) in [6, 6.07) is 8.46. The second-order valence-corrected chi connectivity index (χ2v) is 9.80. The third kappa shape index (κ3) is 5.98. The molecule has 1 atom stereocenters. The summed E-state index contributed by atoms with van der Waals surface area (Å²) in [6.45, 7) is 7.38. The number of aryl methyl sites for hydroxylation is 3. The number of nitrogens with one attached hydrogen (secondary N) is 1. The van der Waals surface area contributed by atoms with Crippen LogP contribution in [-0.2, 0) is 22.4 Å². The minimum atomic E-state index is 0.0678. The average molecular weight is 449 g/mol. The first kappa shape index (κ1) is 23.4. The maximum absolute atomic E-state index is 12.8. The zero-order valence-electron chi connectivity index (χ0n) is 20.2. The lowest BCUT2D eigenvalue weighted by Gasteiger charge is -2.23. The van der Waals surface area contributed by atoms with Gasteiger partial charge in [0.2, 0.25) is 11.8 Å². The molecule has 1 aliphatic heterocycles. The van der Waals surface area contributed by atoms with Crippen molar-refractivity contribution < 1.29 is 9.59 Å². The fraction of sp³-hybridized carbons (Fsp3) is 0.556. The Balaban J connectivity index is 1.36. The van der Waals surface area contributed by atoms with Gasteiger partial charge in [0.05, 0.1) is 12.8 Å². The Bertz CT molecular complexity index is 973. The standard InChI is InChI=1S/C27H36N4O2/c1-18-9-11-21(12-10-18)15-26(33)31-14-13-22(17-31)27-28-19(2)24(20(3)29-27)16-25(32)30-23-7-5-4-6-8-23/h9-12,22-23H,4-8,13-17H2,1-3H3,(H,30,32). The average Bonchev–Trinajstić information content (AvgIpc) is 3.29. The van der Waals surface area contributed by atoms with E-state index in [1.54, 1.807) is 0 Å². The molecule has 1 aromatic heterocycles. The van der Waals surface area contributed by atoms with Crippen molar-refractivity contribution in [2.24, 2.45) is 0 Å². The highest BCUT2D eigenvalue weighted by molar-refractivity contribution is 5.80. The van der Waals surface area contributed by atoms with E-state index in [4.69, 9.17) is 9.97 Å². The van der Waals surface area contributed by atoms with E-state index in [2.05, 4.69) is 12.2 Å². The van der Waals surface area contributed by atoms with Crippen LogP contribution in [0.15, 0.2) is 24.3 Å². The number of hydrogen-bond acceptors (Lipinski definition) is 4. The Morgan fingerprint density at radius 2 is 1.61 bits per heavy atom. The molecule has 0 radical (unpaired) electrons. The SMILES string of the molecule is Cc1ccc(CC(=O)N2CCC(c3nc(C)c(CC(=O)NC4CCCCC4)c(C)n3)C2)cc1. The molecule has 2 aromatic rings. The summed E-state index contributed by atoms with van der Waals surface area (Å²) in [5.74, 6) is 1.17. The molecule has 1 aliphatic carbocycles. The van der Waals surface area contributed by atoms with Crippen molar-refractivity contribution >= 4 is 11.8 Å². The number of hydrogen-bond donors (Lipinski definition) is 1. The molecule has 176 valence electrons. The molecule has 2 aliphatic rings. The number of nitrogens with zero attached hydrogens (tertiary/aromatic N) is 3. The molecular weight excluding hydrogens is 412 g/mol. The van der Waals surface area contributed by atoms with Crippen LogP contribution >= 0.6 is 0 Å². The first-order valence-electron chi connectivity index (χ1n) is 12.4. The van der Waals surface area contributed by atoms with Gasteiger partial charge in [0.25, 0.3) is 0 Å². The van der Waals surface area contributed by atoms with Crippen LogP contribution in [0.1, 0.15) is 78.3 Å². The summed E-state index contributed by atoms with van der Waals surface area (Å²) in [6.07, 6.45) is 7.48. The molecule has 2 heterocycles. The van der Waals surface area contributed by atoms with Gasteiger partial charge < -0.3 is 10.2 Å². The predicted molar refractivity (Wildman–Crippen MR) is 129 cm³/mol. The van der Waals surface area contributed by atoms with Gasteiger partial charge in [0, 0.05) is 42.0 Å². The number of amides is 2. The van der Waals surface area contributed by atoms with Crippen LogP contribution < -0.4 is 5.32 Å². The molecule has 2 fully saturated rings. The van der Waals surface area contributed by atoms with Gasteiger partial charge in [-0.1, -0.05) is 49.1 Å². The lowest BCUT2D eigenvalue weighted by Crippen LogP contribution is -2.37. The number of carbonyl (C=O) groups is 2. The summed E-state index contributed by atoms with van der Waals surface area (Å²) < 4.78 is 0. The molecule has 1 unspecified atom stereocenters. The monoisotopic (exact) mass is 448 g/mol. The predicted octanol–water partition coefficient (Wildman–Crippen LogP) is 3.95. The summed E-state index contributed by atoms with van der Waals surface area (Å²) in [5, 5.41) is 3.19. The van der Waals surface area contributed by atoms with E-state index in [9.17, 15) is 9.59 Å². The van der Waals surface area contributed by atoms with E-state index in [-0.39, 0.29) is 17.7 Å². The Kier molecular flexibility index (Phi) is 7.41. The maximum atomic E-state index is 12.8. The van der Waals surface area contributed by atoms with Gasteiger partial charge >= 0.3 is 0 Å². The molecule has 6 nitrogen and oxygen atoms in total. The third-order valence-electron chi connectivity index (χ3n) is 7.13. The van der Waals surface area contributed by atoms with Crippen molar-refractivity contribution in [3.05, 3.63) is 58.2 Å². The van der Waals surface area contributed by atoms with E-state index in [0.717, 1.165) is 54.1 Å². The maximum Gasteiger partial charge on any atom is 0.227 e. The second kappa shape index (κ2) is 10.4. The van der Waals surface area contributed by atoms with Crippen LogP contribution in [0.4, 0.5) is 0 Å². The van der Waals surface area contributed by atoms with Crippen molar-refractivity contribution in [2.75, 3.05) is 13.1 Å². The molecule has 33 heavy (non-hydrogen) atoms. The highest BCUT2D eigenvalue weighted by atomic mass is 16.2. The molecule has 2 amide bonds. The van der Waals surface area contributed by atoms with Crippen molar-refractivity contribution in [1.29, 1.82) is 0 Å². The molecule has 1 N–H and O–H groups in total. The molecule has 0 spiro atoms. The number of aromatic nitrogens is 2. The Hall–Kier alpha value is -2.76. The van der Waals surface area contributed by atoms with Crippen LogP contribution in [0, 0.1) is 20.8 Å². The van der Waals surface area contributed by atoms with Gasteiger partial charge in [-0.15, -0.1) is 0 Å². The fourth-order valence-corrected chi connectivity index (χ4v) is 5.08. The van der Waals surface area contributed by atoms with E-state index in [0.29, 0.717) is 25.4 Å². The van der Waals surface area contributed by atoms with Crippen molar-refractivity contribution in [3.8, 4) is 0 Å². The van der Waals surface area contributed by atoms with Gasteiger partial charge in [-0.3, -0.25) is 9.59 Å². The lowest BCUT2D eigenvalue weighted by atomic mass is 9.95. The van der Waals surface area contributed by atoms with E-state index >= 15 is 0 Å². The first-order chi connectivity index (χ1) is 15.9. The van der Waals surface area contributed by atoms with E-state index < -0.39 is 0 Å². The highest BCUT2D eigenvalue weighted by Gasteiger charge is 2.30. The van der Waals surface area contributed by atoms with Crippen LogP contribution in [0.3, 0.4) is 0 Å². The Morgan fingerprint density at radius 3 is 2.27 bits per heavy atom. The quantitative estimate of drug-likeness (QED) is 0.726. The molecule has 6 heteroatoms. The van der Waals surface area contributed by atoms with Gasteiger partial charge in [-0.05, 0) is 45.6 Å².